The van der Waals surface area contributed by atoms with Crippen LogP contribution in [0.1, 0.15) is 30.6 Å². The summed E-state index contributed by atoms with van der Waals surface area (Å²) in [6.07, 6.45) is 6.25. The van der Waals surface area contributed by atoms with Gasteiger partial charge in [-0.3, -0.25) is 0 Å². The molecule has 3 N–H and O–H groups in total. The van der Waals surface area contributed by atoms with Crippen LogP contribution in [0.2, 0.25) is 5.02 Å². The fourth-order valence-corrected chi connectivity index (χ4v) is 2.78. The van der Waals surface area contributed by atoms with Gasteiger partial charge in [0.05, 0.1) is 29.3 Å². The Labute approximate surface area is 131 Å². The summed E-state index contributed by atoms with van der Waals surface area (Å²) < 4.78 is 3.10. The summed E-state index contributed by atoms with van der Waals surface area (Å²) in [6, 6.07) is 6.42. The third-order valence-corrected chi connectivity index (χ3v) is 4.70. The second-order valence-electron chi connectivity index (χ2n) is 5.02. The molecule has 6 heteroatoms. The van der Waals surface area contributed by atoms with Gasteiger partial charge in [0.2, 0.25) is 0 Å². The Morgan fingerprint density at radius 2 is 2.30 bits per heavy atom. The molecular formula is C14H16BrClN4. The summed E-state index contributed by atoms with van der Waals surface area (Å²) >= 11 is 9.45. The number of nitrogens with zero attached hydrogens (tertiary/aromatic N) is 2. The normalized spacial score (nSPS) is 16.1. The molecule has 0 spiro atoms. The molecule has 1 fully saturated rings. The average molecular weight is 356 g/mol. The molecule has 1 aliphatic rings. The lowest BCUT2D eigenvalue weighted by Gasteiger charge is -2.20. The minimum absolute atomic E-state index is 0.0474. The molecule has 2 aromatic rings. The van der Waals surface area contributed by atoms with Crippen molar-refractivity contribution in [2.45, 2.75) is 24.9 Å². The van der Waals surface area contributed by atoms with Crippen LogP contribution in [0.25, 0.3) is 0 Å². The standard InChI is InChI=1S/C14H16BrClN4/c15-11-5-9(1-4-12(11)16)19-13(6-17)14-7-18-8-20(14)10-2-3-10/h1,4-5,7-8,10,13,19H,2-3,6,17H2. The Balaban J connectivity index is 1.82. The van der Waals surface area contributed by atoms with E-state index in [-0.39, 0.29) is 6.04 Å². The molecule has 3 rings (SSSR count). The number of benzene rings is 1. The monoisotopic (exact) mass is 354 g/mol. The molecule has 0 aliphatic heterocycles. The van der Waals surface area contributed by atoms with Crippen molar-refractivity contribution in [3.63, 3.8) is 0 Å². The summed E-state index contributed by atoms with van der Waals surface area (Å²) in [4.78, 5) is 4.26. The van der Waals surface area contributed by atoms with E-state index in [0.717, 1.165) is 15.9 Å². The van der Waals surface area contributed by atoms with Gasteiger partial charge < -0.3 is 15.6 Å². The third-order valence-electron chi connectivity index (χ3n) is 3.49. The van der Waals surface area contributed by atoms with Gasteiger partial charge in [-0.05, 0) is 47.0 Å². The van der Waals surface area contributed by atoms with E-state index in [1.54, 1.807) is 0 Å². The first-order valence-corrected chi connectivity index (χ1v) is 7.79. The summed E-state index contributed by atoms with van der Waals surface area (Å²) in [5.74, 6) is 0. The highest BCUT2D eigenvalue weighted by molar-refractivity contribution is 9.10. The first-order chi connectivity index (χ1) is 9.69. The highest BCUT2D eigenvalue weighted by atomic mass is 79.9. The summed E-state index contributed by atoms with van der Waals surface area (Å²) in [5, 5.41) is 4.14. The molecule has 1 atom stereocenters. The van der Waals surface area contributed by atoms with E-state index in [0.29, 0.717) is 17.6 Å². The number of hydrogen-bond donors (Lipinski definition) is 2. The maximum atomic E-state index is 6.01. The molecule has 1 aromatic carbocycles. The van der Waals surface area contributed by atoms with E-state index in [1.165, 1.54) is 12.8 Å². The fourth-order valence-electron chi connectivity index (χ4n) is 2.28. The molecule has 1 aliphatic carbocycles. The lowest BCUT2D eigenvalue weighted by molar-refractivity contribution is 0.642. The molecule has 0 radical (unpaired) electrons. The molecule has 1 unspecified atom stereocenters. The number of anilines is 1. The summed E-state index contributed by atoms with van der Waals surface area (Å²) in [5.41, 5.74) is 8.05. The number of halogens is 2. The summed E-state index contributed by atoms with van der Waals surface area (Å²) in [7, 11) is 0. The van der Waals surface area contributed by atoms with Crippen molar-refractivity contribution in [1.82, 2.24) is 9.55 Å². The van der Waals surface area contributed by atoms with Gasteiger partial charge in [0.25, 0.3) is 0 Å². The third kappa shape index (κ3) is 2.85. The van der Waals surface area contributed by atoms with Gasteiger partial charge in [0, 0.05) is 22.7 Å². The van der Waals surface area contributed by atoms with Crippen molar-refractivity contribution >= 4 is 33.2 Å². The molecule has 20 heavy (non-hydrogen) atoms. The Bertz CT molecular complexity index is 609. The first-order valence-electron chi connectivity index (χ1n) is 6.62. The van der Waals surface area contributed by atoms with E-state index in [2.05, 4.69) is 30.8 Å². The van der Waals surface area contributed by atoms with Crippen molar-refractivity contribution < 1.29 is 0 Å². The Hall–Kier alpha value is -1.04. The Morgan fingerprint density at radius 1 is 1.50 bits per heavy atom. The highest BCUT2D eigenvalue weighted by Gasteiger charge is 2.27. The van der Waals surface area contributed by atoms with Crippen molar-refractivity contribution in [2.75, 3.05) is 11.9 Å². The maximum absolute atomic E-state index is 6.01. The SMILES string of the molecule is NCC(Nc1ccc(Cl)c(Br)c1)c1cncn1C1CC1. The van der Waals surface area contributed by atoms with Gasteiger partial charge in [-0.25, -0.2) is 4.98 Å². The predicted molar refractivity (Wildman–Crippen MR) is 85.1 cm³/mol. The van der Waals surface area contributed by atoms with E-state index in [4.69, 9.17) is 17.3 Å². The molecular weight excluding hydrogens is 340 g/mol. The van der Waals surface area contributed by atoms with E-state index >= 15 is 0 Å². The van der Waals surface area contributed by atoms with Crippen molar-refractivity contribution in [3.8, 4) is 0 Å². The largest absolute Gasteiger partial charge is 0.375 e. The van der Waals surface area contributed by atoms with Crippen LogP contribution in [0.5, 0.6) is 0 Å². The number of aromatic nitrogens is 2. The second-order valence-corrected chi connectivity index (χ2v) is 6.28. The van der Waals surface area contributed by atoms with Crippen LogP contribution in [-0.4, -0.2) is 16.1 Å². The molecule has 106 valence electrons. The number of hydrogen-bond acceptors (Lipinski definition) is 3. The van der Waals surface area contributed by atoms with Gasteiger partial charge in [0.1, 0.15) is 0 Å². The predicted octanol–water partition coefficient (Wildman–Crippen LogP) is 3.75. The van der Waals surface area contributed by atoms with Crippen LogP contribution < -0.4 is 11.1 Å². The van der Waals surface area contributed by atoms with Crippen LogP contribution in [0.3, 0.4) is 0 Å². The van der Waals surface area contributed by atoms with Gasteiger partial charge in [-0.1, -0.05) is 11.6 Å². The minimum Gasteiger partial charge on any atom is -0.375 e. The number of nitrogens with one attached hydrogen (secondary N) is 1. The Morgan fingerprint density at radius 3 is 2.95 bits per heavy atom. The van der Waals surface area contributed by atoms with E-state index < -0.39 is 0 Å². The maximum Gasteiger partial charge on any atom is 0.0951 e. The fraction of sp³-hybridized carbons (Fsp3) is 0.357. The first kappa shape index (κ1) is 13.9. The van der Waals surface area contributed by atoms with E-state index in [1.807, 2.05) is 30.7 Å². The van der Waals surface area contributed by atoms with Crippen molar-refractivity contribution in [1.29, 1.82) is 0 Å². The van der Waals surface area contributed by atoms with E-state index in [9.17, 15) is 0 Å². The molecule has 0 bridgehead atoms. The zero-order chi connectivity index (χ0) is 14.1. The lowest BCUT2D eigenvalue weighted by atomic mass is 10.2. The molecule has 1 aromatic heterocycles. The molecule has 0 saturated heterocycles. The van der Waals surface area contributed by atoms with Crippen LogP contribution in [0.4, 0.5) is 5.69 Å². The molecule has 1 heterocycles. The highest BCUT2D eigenvalue weighted by Crippen LogP contribution is 2.37. The molecule has 4 nitrogen and oxygen atoms in total. The second kappa shape index (κ2) is 5.76. The van der Waals surface area contributed by atoms with Crippen LogP contribution in [0, 0.1) is 0 Å². The van der Waals surface area contributed by atoms with Crippen molar-refractivity contribution in [2.24, 2.45) is 5.73 Å². The zero-order valence-electron chi connectivity index (χ0n) is 10.9. The Kier molecular flexibility index (Phi) is 4.01. The minimum atomic E-state index is 0.0474. The molecule has 1 saturated carbocycles. The number of nitrogens with two attached hydrogens (primary N) is 1. The summed E-state index contributed by atoms with van der Waals surface area (Å²) in [6.45, 7) is 0.513. The van der Waals surface area contributed by atoms with Crippen LogP contribution >= 0.6 is 27.5 Å². The van der Waals surface area contributed by atoms with Gasteiger partial charge >= 0.3 is 0 Å². The quantitative estimate of drug-likeness (QED) is 0.859. The van der Waals surface area contributed by atoms with Crippen LogP contribution in [0.15, 0.2) is 35.2 Å². The number of imidazole rings is 1. The topological polar surface area (TPSA) is 55.9 Å². The smallest absolute Gasteiger partial charge is 0.0951 e. The molecule has 0 amide bonds. The van der Waals surface area contributed by atoms with Crippen molar-refractivity contribution in [3.05, 3.63) is 45.9 Å². The lowest BCUT2D eigenvalue weighted by Crippen LogP contribution is -2.23. The average Bonchev–Trinajstić information content (AvgIpc) is 3.18. The van der Waals surface area contributed by atoms with Crippen LogP contribution in [-0.2, 0) is 0 Å². The number of rotatable bonds is 5. The van der Waals surface area contributed by atoms with Gasteiger partial charge in [-0.15, -0.1) is 0 Å². The van der Waals surface area contributed by atoms with Gasteiger partial charge in [0.15, 0.2) is 0 Å². The zero-order valence-corrected chi connectivity index (χ0v) is 13.2. The van der Waals surface area contributed by atoms with Gasteiger partial charge in [-0.2, -0.15) is 0 Å².